The summed E-state index contributed by atoms with van der Waals surface area (Å²) >= 11 is 0. The number of halogens is 2. The Bertz CT molecular complexity index is 133. The molecule has 0 amide bonds. The van der Waals surface area contributed by atoms with Crippen LogP contribution in [-0.4, -0.2) is 12.3 Å². The first-order valence-electron chi connectivity index (χ1n) is 2.85. The van der Waals surface area contributed by atoms with Gasteiger partial charge in [-0.15, -0.1) is 0 Å². The third kappa shape index (κ3) is 2.13. The highest BCUT2D eigenvalue weighted by molar-refractivity contribution is 5.18. The maximum Gasteiger partial charge on any atom is 0.142 e. The van der Waals surface area contributed by atoms with Gasteiger partial charge in [0, 0.05) is 0 Å². The number of hydrogen-bond acceptors (Lipinski definition) is 0. The summed E-state index contributed by atoms with van der Waals surface area (Å²) in [5.41, 5.74) is -0.148. The van der Waals surface area contributed by atoms with E-state index >= 15 is 0 Å². The number of hydrogen-bond donors (Lipinski definition) is 0. The second-order valence-corrected chi connectivity index (χ2v) is 1.85. The zero-order valence-corrected chi connectivity index (χ0v) is 5.69. The summed E-state index contributed by atoms with van der Waals surface area (Å²) in [4.78, 5) is 0. The van der Waals surface area contributed by atoms with E-state index in [0.717, 1.165) is 12.2 Å². The lowest BCUT2D eigenvalue weighted by atomic mass is 10.1. The van der Waals surface area contributed by atoms with Gasteiger partial charge in [-0.25, -0.2) is 8.78 Å². The van der Waals surface area contributed by atoms with Crippen molar-refractivity contribution >= 4 is 0 Å². The van der Waals surface area contributed by atoms with Gasteiger partial charge in [0.15, 0.2) is 0 Å². The molecule has 0 aromatic carbocycles. The van der Waals surface area contributed by atoms with E-state index in [1.54, 1.807) is 0 Å². The maximum absolute atomic E-state index is 12.5. The molecule has 0 saturated carbocycles. The molecule has 10 heavy (non-hydrogen) atoms. The zero-order valence-electron chi connectivity index (χ0n) is 5.69. The molecule has 0 nitrogen and oxygen atoms in total. The molecule has 0 aliphatic carbocycles. The van der Waals surface area contributed by atoms with Gasteiger partial charge in [0.1, 0.15) is 12.3 Å². The van der Waals surface area contributed by atoms with E-state index in [4.69, 9.17) is 0 Å². The Labute approximate surface area is 59.6 Å². The van der Waals surface area contributed by atoms with Crippen molar-refractivity contribution in [2.24, 2.45) is 0 Å². The van der Waals surface area contributed by atoms with Gasteiger partial charge in [0.05, 0.1) is 0 Å². The highest BCUT2D eigenvalue weighted by Gasteiger charge is 2.13. The Morgan fingerprint density at radius 2 is 1.40 bits per heavy atom. The average Bonchev–Trinajstić information content (AvgIpc) is 2.00. The van der Waals surface area contributed by atoms with Gasteiger partial charge in [0.25, 0.3) is 0 Å². The molecule has 0 bridgehead atoms. The molecule has 0 aromatic rings. The predicted octanol–water partition coefficient (Wildman–Crippen LogP) is 2.59. The van der Waals surface area contributed by atoms with Crippen molar-refractivity contribution in [3.63, 3.8) is 0 Å². The molecule has 0 rings (SSSR count). The molecule has 2 heteroatoms. The lowest BCUT2D eigenvalue weighted by molar-refractivity contribution is 0.371. The third-order valence-electron chi connectivity index (χ3n) is 1.12. The molecule has 0 aliphatic rings. The monoisotopic (exact) mass is 144 g/mol. The largest absolute Gasteiger partial charge is 0.238 e. The molecule has 0 aliphatic heterocycles. The van der Waals surface area contributed by atoms with E-state index in [1.807, 2.05) is 0 Å². The smallest absolute Gasteiger partial charge is 0.142 e. The van der Waals surface area contributed by atoms with Crippen LogP contribution in [0.15, 0.2) is 37.5 Å². The topological polar surface area (TPSA) is 0 Å². The predicted molar refractivity (Wildman–Crippen MR) is 39.3 cm³/mol. The fourth-order valence-corrected chi connectivity index (χ4v) is 0.455. The highest BCUT2D eigenvalue weighted by Crippen LogP contribution is 2.13. The molecule has 0 fully saturated rings. The Balaban J connectivity index is 4.06. The number of allylic oxidation sites excluding steroid dienone is 3. The average molecular weight is 144 g/mol. The van der Waals surface area contributed by atoms with Crippen LogP contribution < -0.4 is 0 Å². The lowest BCUT2D eigenvalue weighted by Gasteiger charge is -2.07. The van der Waals surface area contributed by atoms with Crippen molar-refractivity contribution in [3.05, 3.63) is 37.5 Å². The lowest BCUT2D eigenvalue weighted by Crippen LogP contribution is -2.09. The summed E-state index contributed by atoms with van der Waals surface area (Å²) in [6.45, 7) is 9.53. The van der Waals surface area contributed by atoms with Crippen LogP contribution in [0, 0.1) is 0 Å². The molecular weight excluding hydrogens is 134 g/mol. The summed E-state index contributed by atoms with van der Waals surface area (Å²) in [7, 11) is 0. The van der Waals surface area contributed by atoms with Crippen LogP contribution in [0.1, 0.15) is 0 Å². The maximum atomic E-state index is 12.5. The van der Waals surface area contributed by atoms with Gasteiger partial charge in [-0.05, 0) is 5.57 Å². The zero-order chi connectivity index (χ0) is 8.15. The first kappa shape index (κ1) is 9.08. The van der Waals surface area contributed by atoms with Crippen LogP contribution in [0.3, 0.4) is 0 Å². The van der Waals surface area contributed by atoms with Crippen molar-refractivity contribution in [1.82, 2.24) is 0 Å². The molecule has 2 atom stereocenters. The Kier molecular flexibility index (Phi) is 3.62. The van der Waals surface area contributed by atoms with Crippen molar-refractivity contribution in [3.8, 4) is 0 Å². The van der Waals surface area contributed by atoms with Crippen LogP contribution in [0.2, 0.25) is 0 Å². The molecule has 0 aromatic heterocycles. The van der Waals surface area contributed by atoms with E-state index in [9.17, 15) is 8.78 Å². The molecule has 0 radical (unpaired) electrons. The fraction of sp³-hybridized carbons (Fsp3) is 0.250. The van der Waals surface area contributed by atoms with E-state index in [1.165, 1.54) is 0 Å². The Morgan fingerprint density at radius 1 is 1.10 bits per heavy atom. The number of alkyl halides is 2. The van der Waals surface area contributed by atoms with Crippen LogP contribution in [0.4, 0.5) is 8.78 Å². The summed E-state index contributed by atoms with van der Waals surface area (Å²) in [5.74, 6) is 0. The van der Waals surface area contributed by atoms with Gasteiger partial charge in [-0.2, -0.15) is 0 Å². The first-order chi connectivity index (χ1) is 4.63. The molecule has 0 heterocycles. The van der Waals surface area contributed by atoms with Gasteiger partial charge >= 0.3 is 0 Å². The minimum atomic E-state index is -1.48. The van der Waals surface area contributed by atoms with Crippen LogP contribution >= 0.6 is 0 Å². The summed E-state index contributed by atoms with van der Waals surface area (Å²) < 4.78 is 24.9. The quantitative estimate of drug-likeness (QED) is 0.532. The van der Waals surface area contributed by atoms with Crippen molar-refractivity contribution in [2.75, 3.05) is 0 Å². The summed E-state index contributed by atoms with van der Waals surface area (Å²) in [6.07, 6.45) is -0.961. The summed E-state index contributed by atoms with van der Waals surface area (Å²) in [6, 6.07) is 0. The molecule has 0 spiro atoms. The van der Waals surface area contributed by atoms with Gasteiger partial charge in [-0.3, -0.25) is 0 Å². The van der Waals surface area contributed by atoms with E-state index in [2.05, 4.69) is 19.7 Å². The van der Waals surface area contributed by atoms with Crippen LogP contribution in [0.5, 0.6) is 0 Å². The van der Waals surface area contributed by atoms with Crippen molar-refractivity contribution in [1.29, 1.82) is 0 Å². The third-order valence-corrected chi connectivity index (χ3v) is 1.12. The molecule has 56 valence electrons. The van der Waals surface area contributed by atoms with Gasteiger partial charge in [0.2, 0.25) is 0 Å². The molecule has 2 unspecified atom stereocenters. The van der Waals surface area contributed by atoms with E-state index in [0.29, 0.717) is 0 Å². The molecule has 0 saturated heterocycles. The van der Waals surface area contributed by atoms with Gasteiger partial charge < -0.3 is 0 Å². The second-order valence-electron chi connectivity index (χ2n) is 1.85. The van der Waals surface area contributed by atoms with Crippen molar-refractivity contribution in [2.45, 2.75) is 12.3 Å². The minimum Gasteiger partial charge on any atom is -0.238 e. The number of rotatable bonds is 4. The molecule has 0 N–H and O–H groups in total. The second kappa shape index (κ2) is 3.99. The standard InChI is InChI=1S/C8H10F2/c1-4-7(9)6(3)8(10)5-2/h4-5,7-8H,1-3H2. The normalized spacial score (nSPS) is 15.4. The van der Waals surface area contributed by atoms with Crippen LogP contribution in [0.25, 0.3) is 0 Å². The van der Waals surface area contributed by atoms with E-state index in [-0.39, 0.29) is 5.57 Å². The SMILES string of the molecule is C=CC(F)C(=C)C(F)C=C. The Hall–Kier alpha value is -0.920. The van der Waals surface area contributed by atoms with Crippen molar-refractivity contribution < 1.29 is 8.78 Å². The minimum absolute atomic E-state index is 0.148. The molecular formula is C8H10F2. The van der Waals surface area contributed by atoms with Crippen LogP contribution in [-0.2, 0) is 0 Å². The highest BCUT2D eigenvalue weighted by atomic mass is 19.1. The summed E-state index contributed by atoms with van der Waals surface area (Å²) in [5, 5.41) is 0. The first-order valence-corrected chi connectivity index (χ1v) is 2.85. The fourth-order valence-electron chi connectivity index (χ4n) is 0.455. The van der Waals surface area contributed by atoms with E-state index < -0.39 is 12.3 Å². The van der Waals surface area contributed by atoms with Gasteiger partial charge in [-0.1, -0.05) is 31.9 Å². The Morgan fingerprint density at radius 3 is 1.60 bits per heavy atom.